The van der Waals surface area contributed by atoms with Crippen molar-refractivity contribution in [2.24, 2.45) is 11.8 Å². The quantitative estimate of drug-likeness (QED) is 0.213. The van der Waals surface area contributed by atoms with Gasteiger partial charge in [0.25, 0.3) is 0 Å². The Morgan fingerprint density at radius 1 is 1.05 bits per heavy atom. The van der Waals surface area contributed by atoms with E-state index >= 15 is 0 Å². The molecule has 0 fully saturated rings. The van der Waals surface area contributed by atoms with Gasteiger partial charge in [0.05, 0.1) is 12.0 Å². The molecule has 0 saturated heterocycles. The maximum absolute atomic E-state index is 14.0. The third-order valence-electron chi connectivity index (χ3n) is 8.15. The van der Waals surface area contributed by atoms with Crippen LogP contribution in [0.3, 0.4) is 0 Å². The number of esters is 1. The predicted octanol–water partition coefficient (Wildman–Crippen LogP) is 5.79. The van der Waals surface area contributed by atoms with Gasteiger partial charge in [-0.2, -0.15) is 0 Å². The lowest BCUT2D eigenvalue weighted by Gasteiger charge is -2.41. The van der Waals surface area contributed by atoms with Crippen LogP contribution in [-0.2, 0) is 28.3 Å². The SMILES string of the molecule is CCCCO[C@H]1CC(=O)[C@](C)(O[Si](CC)(CC)CC)C[C@@H](C)/C=C/C(=O)[C@](C)(O)[C@@H](CC)OC(=O)[C@@H]1C. The van der Waals surface area contributed by atoms with E-state index in [-0.39, 0.29) is 24.5 Å². The minimum atomic E-state index is -2.18. The number of carbonyl (C=O) groups is 3. The van der Waals surface area contributed by atoms with Crippen molar-refractivity contribution < 1.29 is 33.4 Å². The van der Waals surface area contributed by atoms with Crippen LogP contribution in [0.4, 0.5) is 0 Å². The summed E-state index contributed by atoms with van der Waals surface area (Å²) in [7, 11) is -2.18. The highest BCUT2D eigenvalue weighted by molar-refractivity contribution is 6.73. The zero-order valence-electron chi connectivity index (χ0n) is 24.7. The topological polar surface area (TPSA) is 99.1 Å². The summed E-state index contributed by atoms with van der Waals surface area (Å²) in [5.74, 6) is -2.14. The van der Waals surface area contributed by atoms with Gasteiger partial charge in [-0.3, -0.25) is 14.4 Å². The third-order valence-corrected chi connectivity index (χ3v) is 12.9. The molecular formula is C29H52O7Si. The smallest absolute Gasteiger partial charge is 0.311 e. The molecule has 214 valence electrons. The molecule has 0 aromatic carbocycles. The molecule has 0 aliphatic carbocycles. The monoisotopic (exact) mass is 540 g/mol. The van der Waals surface area contributed by atoms with Crippen LogP contribution in [-0.4, -0.2) is 61.0 Å². The Hall–Kier alpha value is -1.35. The Kier molecular flexibility index (Phi) is 13.4. The Labute approximate surface area is 225 Å². The minimum Gasteiger partial charge on any atom is -0.459 e. The average Bonchev–Trinajstić information content (AvgIpc) is 2.87. The van der Waals surface area contributed by atoms with Crippen molar-refractivity contribution in [2.45, 2.75) is 136 Å². The highest BCUT2D eigenvalue weighted by Gasteiger charge is 2.46. The van der Waals surface area contributed by atoms with Crippen LogP contribution in [0.5, 0.6) is 0 Å². The molecule has 0 unspecified atom stereocenters. The molecule has 37 heavy (non-hydrogen) atoms. The number of aliphatic hydroxyl groups is 1. The Bertz CT molecular complexity index is 781. The number of hydrogen-bond donors (Lipinski definition) is 1. The van der Waals surface area contributed by atoms with Crippen molar-refractivity contribution in [3.63, 3.8) is 0 Å². The van der Waals surface area contributed by atoms with Gasteiger partial charge in [0.2, 0.25) is 0 Å². The van der Waals surface area contributed by atoms with Gasteiger partial charge in [-0.05, 0) is 70.2 Å². The minimum absolute atomic E-state index is 0.0284. The summed E-state index contributed by atoms with van der Waals surface area (Å²) in [6.07, 6.45) is 3.78. The fourth-order valence-electron chi connectivity index (χ4n) is 5.07. The molecule has 7 nitrogen and oxygen atoms in total. The van der Waals surface area contributed by atoms with Gasteiger partial charge in [-0.15, -0.1) is 0 Å². The van der Waals surface area contributed by atoms with Crippen LogP contribution in [0, 0.1) is 11.8 Å². The lowest BCUT2D eigenvalue weighted by atomic mass is 9.84. The summed E-state index contributed by atoms with van der Waals surface area (Å²) < 4.78 is 18.6. The van der Waals surface area contributed by atoms with Gasteiger partial charge in [0.15, 0.2) is 25.5 Å². The first kappa shape index (κ1) is 33.7. The van der Waals surface area contributed by atoms with Crippen molar-refractivity contribution in [2.75, 3.05) is 6.61 Å². The number of ether oxygens (including phenoxy) is 2. The number of ketones is 2. The van der Waals surface area contributed by atoms with Crippen molar-refractivity contribution in [1.82, 2.24) is 0 Å². The summed E-state index contributed by atoms with van der Waals surface area (Å²) in [4.78, 5) is 40.2. The van der Waals surface area contributed by atoms with Gasteiger partial charge in [0, 0.05) is 13.0 Å². The molecule has 1 N–H and O–H groups in total. The number of allylic oxidation sites excluding steroid dienone is 1. The van der Waals surface area contributed by atoms with E-state index in [4.69, 9.17) is 13.9 Å². The zero-order chi connectivity index (χ0) is 28.4. The van der Waals surface area contributed by atoms with Crippen LogP contribution in [0.1, 0.15) is 94.4 Å². The van der Waals surface area contributed by atoms with Gasteiger partial charge in [-0.1, -0.05) is 54.0 Å². The van der Waals surface area contributed by atoms with E-state index in [1.54, 1.807) is 19.9 Å². The van der Waals surface area contributed by atoms with Gasteiger partial charge < -0.3 is 19.0 Å². The summed E-state index contributed by atoms with van der Waals surface area (Å²) >= 11 is 0. The third kappa shape index (κ3) is 8.84. The molecule has 0 amide bonds. The number of carbonyl (C=O) groups excluding carboxylic acids is 3. The van der Waals surface area contributed by atoms with Crippen LogP contribution >= 0.6 is 0 Å². The van der Waals surface area contributed by atoms with Crippen LogP contribution < -0.4 is 0 Å². The highest BCUT2D eigenvalue weighted by atomic mass is 28.4. The number of cyclic esters (lactones) is 1. The molecule has 0 aromatic heterocycles. The predicted molar refractivity (Wildman–Crippen MR) is 149 cm³/mol. The van der Waals surface area contributed by atoms with Gasteiger partial charge >= 0.3 is 5.97 Å². The second-order valence-corrected chi connectivity index (χ2v) is 15.8. The largest absolute Gasteiger partial charge is 0.459 e. The van der Waals surface area contributed by atoms with Crippen molar-refractivity contribution >= 4 is 25.9 Å². The number of unbranched alkanes of at least 4 members (excludes halogenated alkanes) is 1. The highest BCUT2D eigenvalue weighted by Crippen LogP contribution is 2.35. The van der Waals surface area contributed by atoms with Gasteiger partial charge in [-0.25, -0.2) is 0 Å². The first-order chi connectivity index (χ1) is 17.3. The molecule has 8 heteroatoms. The average molecular weight is 541 g/mol. The normalized spacial score (nSPS) is 33.6. The maximum atomic E-state index is 14.0. The molecule has 0 aromatic rings. The zero-order valence-corrected chi connectivity index (χ0v) is 25.7. The van der Waals surface area contributed by atoms with Crippen LogP contribution in [0.15, 0.2) is 12.2 Å². The molecule has 0 bridgehead atoms. The standard InChI is InChI=1S/C29H52O7Si/c1-10-15-18-34-23-19-25(31)28(8,36-37(12-3,13-4)14-5)20-21(6)16-17-24(30)29(9,33)26(11-2)35-27(32)22(23)7/h16-17,21-23,26,33H,10-15,18-20H2,1-9H3/b17-16+/t21-,22+,23-,26+,28+,29-/m0/s1. The first-order valence-electron chi connectivity index (χ1n) is 14.3. The molecular weight excluding hydrogens is 488 g/mol. The van der Waals surface area contributed by atoms with E-state index in [1.807, 2.05) is 13.8 Å². The summed E-state index contributed by atoms with van der Waals surface area (Å²) in [6, 6.07) is 2.68. The van der Waals surface area contributed by atoms with E-state index in [0.29, 0.717) is 13.0 Å². The summed E-state index contributed by atoms with van der Waals surface area (Å²) in [5, 5.41) is 11.1. The molecule has 1 aliphatic rings. The van der Waals surface area contributed by atoms with Crippen molar-refractivity contribution in [3.05, 3.63) is 12.2 Å². The molecule has 1 heterocycles. The molecule has 1 rings (SSSR count). The Morgan fingerprint density at radius 3 is 2.16 bits per heavy atom. The first-order valence-corrected chi connectivity index (χ1v) is 16.8. The lowest BCUT2D eigenvalue weighted by Crippen LogP contribution is -2.52. The maximum Gasteiger partial charge on any atom is 0.311 e. The molecule has 0 spiro atoms. The molecule has 6 atom stereocenters. The summed E-state index contributed by atoms with van der Waals surface area (Å²) in [5.41, 5.74) is -2.96. The molecule has 0 saturated carbocycles. The van der Waals surface area contributed by atoms with Crippen LogP contribution in [0.25, 0.3) is 0 Å². The second-order valence-electron chi connectivity index (χ2n) is 11.1. The molecule has 1 aliphatic heterocycles. The number of hydrogen-bond acceptors (Lipinski definition) is 7. The fraction of sp³-hybridized carbons (Fsp3) is 0.828. The van der Waals surface area contributed by atoms with Crippen LogP contribution in [0.2, 0.25) is 18.1 Å². The van der Waals surface area contributed by atoms with E-state index in [9.17, 15) is 19.5 Å². The van der Waals surface area contributed by atoms with E-state index in [1.165, 1.54) is 13.0 Å². The Morgan fingerprint density at radius 2 is 1.65 bits per heavy atom. The Balaban J connectivity index is 3.59. The van der Waals surface area contributed by atoms with E-state index in [2.05, 4.69) is 27.7 Å². The van der Waals surface area contributed by atoms with E-state index in [0.717, 1.165) is 31.0 Å². The number of Topliss-reactive ketones (excluding diaryl/α,β-unsaturated/α-hetero) is 1. The van der Waals surface area contributed by atoms with Crippen molar-refractivity contribution in [1.29, 1.82) is 0 Å². The van der Waals surface area contributed by atoms with E-state index < -0.39 is 49.4 Å². The lowest BCUT2D eigenvalue weighted by molar-refractivity contribution is -0.175. The molecule has 0 radical (unpaired) electrons. The number of rotatable bonds is 10. The fourth-order valence-corrected chi connectivity index (χ4v) is 8.16. The van der Waals surface area contributed by atoms with Gasteiger partial charge in [0.1, 0.15) is 11.7 Å². The second kappa shape index (κ2) is 14.7. The van der Waals surface area contributed by atoms with Crippen molar-refractivity contribution in [3.8, 4) is 0 Å². The summed E-state index contributed by atoms with van der Waals surface area (Å²) in [6.45, 7) is 17.5.